The molecule has 0 saturated heterocycles. The Morgan fingerprint density at radius 3 is 2.58 bits per heavy atom. The van der Waals surface area contributed by atoms with Crippen molar-refractivity contribution in [2.24, 2.45) is 10.2 Å². The summed E-state index contributed by atoms with van der Waals surface area (Å²) < 4.78 is 0. The van der Waals surface area contributed by atoms with Crippen LogP contribution in [0.15, 0.2) is 10.2 Å². The normalized spacial score (nSPS) is 20.2. The summed E-state index contributed by atoms with van der Waals surface area (Å²) in [6.07, 6.45) is 0. The third-order valence-corrected chi connectivity index (χ3v) is 1.71. The van der Waals surface area contributed by atoms with E-state index in [0.29, 0.717) is 0 Å². The van der Waals surface area contributed by atoms with E-state index < -0.39 is 17.6 Å². The minimum atomic E-state index is -0.886. The molecule has 0 saturated carbocycles. The molecule has 3 amide bonds. The number of hydrogen-bond donors (Lipinski definition) is 0. The number of carbonyl (C=O) groups is 2. The number of carbonyl (C=O) groups excluding carboxylic acids is 2. The van der Waals surface area contributed by atoms with Gasteiger partial charge in [0.05, 0.1) is 0 Å². The number of amides is 3. The molecule has 1 aliphatic heterocycles. The average Bonchev–Trinajstić information content (AvgIpc) is 2.25. The van der Waals surface area contributed by atoms with Gasteiger partial charge in [-0.2, -0.15) is 5.11 Å². The molecule has 6 heteroatoms. The van der Waals surface area contributed by atoms with Crippen molar-refractivity contribution in [2.45, 2.75) is 19.5 Å². The number of nitrogens with zero attached hydrogens (tertiary/aromatic N) is 3. The van der Waals surface area contributed by atoms with Crippen molar-refractivity contribution >= 4 is 23.5 Å². The maximum Gasteiger partial charge on any atom is 0.370 e. The fraction of sp³-hybridized carbons (Fsp3) is 0.667. The van der Waals surface area contributed by atoms with Crippen LogP contribution in [0.25, 0.3) is 0 Å². The standard InChI is InChI=1S/C6H8ClN3O2/c1-6(2)9-8-5(12)10(6)4(11)3-7/h3H2,1-2H3. The summed E-state index contributed by atoms with van der Waals surface area (Å²) in [5.41, 5.74) is -0.886. The van der Waals surface area contributed by atoms with Gasteiger partial charge in [-0.05, 0) is 13.8 Å². The molecule has 1 heterocycles. The van der Waals surface area contributed by atoms with Crippen molar-refractivity contribution in [2.75, 3.05) is 5.88 Å². The van der Waals surface area contributed by atoms with Crippen LogP contribution >= 0.6 is 11.6 Å². The highest BCUT2D eigenvalue weighted by molar-refractivity contribution is 6.28. The Hall–Kier alpha value is -0.970. The molecule has 0 atom stereocenters. The molecule has 0 aliphatic carbocycles. The molecule has 0 aromatic carbocycles. The minimum Gasteiger partial charge on any atom is -0.273 e. The first kappa shape index (κ1) is 9.12. The fourth-order valence-electron chi connectivity index (χ4n) is 0.960. The molecule has 0 radical (unpaired) electrons. The summed E-state index contributed by atoms with van der Waals surface area (Å²) in [5.74, 6) is -0.711. The zero-order valence-electron chi connectivity index (χ0n) is 6.74. The van der Waals surface area contributed by atoms with E-state index in [2.05, 4.69) is 10.2 Å². The molecule has 1 rings (SSSR count). The van der Waals surface area contributed by atoms with Gasteiger partial charge >= 0.3 is 6.03 Å². The molecule has 12 heavy (non-hydrogen) atoms. The molecule has 66 valence electrons. The largest absolute Gasteiger partial charge is 0.370 e. The van der Waals surface area contributed by atoms with Gasteiger partial charge in [-0.15, -0.1) is 11.6 Å². The molecule has 0 bridgehead atoms. The van der Waals surface area contributed by atoms with E-state index in [-0.39, 0.29) is 5.88 Å². The number of halogens is 1. The van der Waals surface area contributed by atoms with Gasteiger partial charge in [0.2, 0.25) is 5.91 Å². The second-order valence-electron chi connectivity index (χ2n) is 2.84. The number of azo groups is 1. The van der Waals surface area contributed by atoms with Gasteiger partial charge in [0.1, 0.15) is 5.88 Å². The number of imide groups is 1. The van der Waals surface area contributed by atoms with Gasteiger partial charge in [-0.3, -0.25) is 4.79 Å². The van der Waals surface area contributed by atoms with E-state index in [4.69, 9.17) is 11.6 Å². The zero-order chi connectivity index (χ0) is 9.35. The first-order valence-electron chi connectivity index (χ1n) is 3.35. The lowest BCUT2D eigenvalue weighted by Gasteiger charge is -2.24. The molecular weight excluding hydrogens is 182 g/mol. The SMILES string of the molecule is CC1(C)N=NC(=O)N1C(=O)CCl. The van der Waals surface area contributed by atoms with Gasteiger partial charge < -0.3 is 0 Å². The van der Waals surface area contributed by atoms with E-state index >= 15 is 0 Å². The molecular formula is C6H8ClN3O2. The summed E-state index contributed by atoms with van der Waals surface area (Å²) >= 11 is 5.30. The minimum absolute atomic E-state index is 0.236. The van der Waals surface area contributed by atoms with Crippen molar-refractivity contribution in [3.8, 4) is 0 Å². The molecule has 0 N–H and O–H groups in total. The van der Waals surface area contributed by atoms with Gasteiger partial charge in [0.15, 0.2) is 5.66 Å². The summed E-state index contributed by atoms with van der Waals surface area (Å²) in [4.78, 5) is 23.0. The monoisotopic (exact) mass is 189 g/mol. The van der Waals surface area contributed by atoms with Gasteiger partial charge in [-0.25, -0.2) is 9.69 Å². The van der Waals surface area contributed by atoms with Crippen LogP contribution in [0.3, 0.4) is 0 Å². The fourth-order valence-corrected chi connectivity index (χ4v) is 1.08. The lowest BCUT2D eigenvalue weighted by molar-refractivity contribution is -0.128. The predicted molar refractivity (Wildman–Crippen MR) is 41.9 cm³/mol. The Balaban J connectivity index is 2.90. The van der Waals surface area contributed by atoms with Crippen LogP contribution in [0.2, 0.25) is 0 Å². The molecule has 5 nitrogen and oxygen atoms in total. The second-order valence-corrected chi connectivity index (χ2v) is 3.11. The summed E-state index contributed by atoms with van der Waals surface area (Å²) in [6.45, 7) is 3.23. The first-order valence-corrected chi connectivity index (χ1v) is 3.88. The van der Waals surface area contributed by atoms with E-state index in [9.17, 15) is 9.59 Å². The smallest absolute Gasteiger partial charge is 0.273 e. The Bertz CT molecular complexity index is 262. The third-order valence-electron chi connectivity index (χ3n) is 1.48. The van der Waals surface area contributed by atoms with Crippen LogP contribution in [-0.2, 0) is 4.79 Å². The maximum absolute atomic E-state index is 11.1. The Kier molecular flexibility index (Phi) is 2.14. The van der Waals surface area contributed by atoms with E-state index in [1.54, 1.807) is 13.8 Å². The number of alkyl halides is 1. The Morgan fingerprint density at radius 1 is 1.67 bits per heavy atom. The first-order chi connectivity index (χ1) is 5.49. The van der Waals surface area contributed by atoms with Crippen LogP contribution in [-0.4, -0.2) is 28.4 Å². The van der Waals surface area contributed by atoms with Gasteiger partial charge in [0.25, 0.3) is 0 Å². The van der Waals surface area contributed by atoms with Crippen LogP contribution in [0, 0.1) is 0 Å². The van der Waals surface area contributed by atoms with Gasteiger partial charge in [0, 0.05) is 0 Å². The quantitative estimate of drug-likeness (QED) is 0.585. The molecule has 0 aromatic rings. The van der Waals surface area contributed by atoms with Crippen LogP contribution in [0.5, 0.6) is 0 Å². The lowest BCUT2D eigenvalue weighted by Crippen LogP contribution is -2.45. The maximum atomic E-state index is 11.1. The van der Waals surface area contributed by atoms with Crippen molar-refractivity contribution in [1.29, 1.82) is 0 Å². The highest BCUT2D eigenvalue weighted by Crippen LogP contribution is 2.24. The number of urea groups is 1. The molecule has 0 fully saturated rings. The van der Waals surface area contributed by atoms with Crippen LogP contribution < -0.4 is 0 Å². The third kappa shape index (κ3) is 1.32. The summed E-state index contributed by atoms with van der Waals surface area (Å²) in [5, 5.41) is 6.89. The lowest BCUT2D eigenvalue weighted by atomic mass is 10.2. The van der Waals surface area contributed by atoms with E-state index in [0.717, 1.165) is 4.90 Å². The van der Waals surface area contributed by atoms with Crippen molar-refractivity contribution in [1.82, 2.24) is 4.90 Å². The molecule has 0 spiro atoms. The number of rotatable bonds is 1. The second kappa shape index (κ2) is 2.82. The molecule has 0 aromatic heterocycles. The summed E-state index contributed by atoms with van der Waals surface area (Å²) in [7, 11) is 0. The number of hydrogen-bond acceptors (Lipinski definition) is 3. The molecule has 0 unspecified atom stereocenters. The van der Waals surface area contributed by atoms with Crippen molar-refractivity contribution < 1.29 is 9.59 Å². The summed E-state index contributed by atoms with van der Waals surface area (Å²) in [6, 6.07) is -0.648. The van der Waals surface area contributed by atoms with E-state index in [1.807, 2.05) is 0 Å². The van der Waals surface area contributed by atoms with Crippen molar-refractivity contribution in [3.63, 3.8) is 0 Å². The Labute approximate surface area is 74.4 Å². The zero-order valence-corrected chi connectivity index (χ0v) is 7.50. The molecule has 1 aliphatic rings. The highest BCUT2D eigenvalue weighted by atomic mass is 35.5. The van der Waals surface area contributed by atoms with Crippen molar-refractivity contribution in [3.05, 3.63) is 0 Å². The topological polar surface area (TPSA) is 62.1 Å². The highest BCUT2D eigenvalue weighted by Gasteiger charge is 2.40. The van der Waals surface area contributed by atoms with Crippen LogP contribution in [0.4, 0.5) is 4.79 Å². The predicted octanol–water partition coefficient (Wildman–Crippen LogP) is 1.38. The van der Waals surface area contributed by atoms with Crippen LogP contribution in [0.1, 0.15) is 13.8 Å². The van der Waals surface area contributed by atoms with Gasteiger partial charge in [-0.1, -0.05) is 5.11 Å². The van der Waals surface area contributed by atoms with E-state index in [1.165, 1.54) is 0 Å². The Morgan fingerprint density at radius 2 is 2.25 bits per heavy atom. The average molecular weight is 190 g/mol.